The van der Waals surface area contributed by atoms with E-state index in [-0.39, 0.29) is 31.1 Å². The van der Waals surface area contributed by atoms with Crippen molar-refractivity contribution in [2.75, 3.05) is 13.2 Å². The van der Waals surface area contributed by atoms with E-state index < -0.39 is 6.10 Å². The second kappa shape index (κ2) is 53.4. The Labute approximate surface area is 406 Å². The number of hydrogen-bond acceptors (Lipinski definition) is 6. The van der Waals surface area contributed by atoms with Gasteiger partial charge in [-0.05, 0) is 25.2 Å². The van der Waals surface area contributed by atoms with E-state index in [1.807, 2.05) is 0 Å². The van der Waals surface area contributed by atoms with E-state index in [4.69, 9.17) is 14.2 Å². The normalized spacial score (nSPS) is 12.4. The van der Waals surface area contributed by atoms with Gasteiger partial charge in [0.05, 0.1) is 0 Å². The molecule has 0 rings (SSSR count). The van der Waals surface area contributed by atoms with Crippen LogP contribution in [0.15, 0.2) is 0 Å². The first-order valence-corrected chi connectivity index (χ1v) is 29.4. The molecule has 0 fully saturated rings. The molecule has 0 aliphatic rings. The van der Waals surface area contributed by atoms with Gasteiger partial charge in [0, 0.05) is 19.3 Å². The van der Waals surface area contributed by atoms with Gasteiger partial charge in [0.1, 0.15) is 13.2 Å². The summed E-state index contributed by atoms with van der Waals surface area (Å²) >= 11 is 0. The molecule has 0 aromatic carbocycles. The molecule has 0 amide bonds. The molecule has 0 aliphatic carbocycles. The van der Waals surface area contributed by atoms with Crippen molar-refractivity contribution in [1.29, 1.82) is 0 Å². The lowest BCUT2D eigenvalue weighted by Gasteiger charge is -2.18. The first-order valence-electron chi connectivity index (χ1n) is 29.4. The number of esters is 3. The summed E-state index contributed by atoms with van der Waals surface area (Å²) in [7, 11) is 0. The van der Waals surface area contributed by atoms with Crippen molar-refractivity contribution < 1.29 is 28.6 Å². The van der Waals surface area contributed by atoms with Crippen LogP contribution >= 0.6 is 0 Å². The molecular weight excluding hydrogens is 805 g/mol. The fourth-order valence-corrected chi connectivity index (χ4v) is 9.07. The Morgan fingerprint density at radius 3 is 0.800 bits per heavy atom. The summed E-state index contributed by atoms with van der Waals surface area (Å²) in [6, 6.07) is 0. The number of rotatable bonds is 54. The van der Waals surface area contributed by atoms with E-state index in [9.17, 15) is 14.4 Å². The van der Waals surface area contributed by atoms with Crippen LogP contribution in [0, 0.1) is 5.92 Å². The number of carbonyl (C=O) groups excluding carboxylic acids is 3. The minimum Gasteiger partial charge on any atom is -0.462 e. The van der Waals surface area contributed by atoms with Gasteiger partial charge in [-0.15, -0.1) is 0 Å². The molecule has 2 atom stereocenters. The molecule has 0 spiro atoms. The Balaban J connectivity index is 4.26. The van der Waals surface area contributed by atoms with Crippen molar-refractivity contribution in [2.45, 2.75) is 342 Å². The van der Waals surface area contributed by atoms with Gasteiger partial charge in [-0.2, -0.15) is 0 Å². The van der Waals surface area contributed by atoms with E-state index in [0.29, 0.717) is 19.3 Å². The molecule has 6 heteroatoms. The SMILES string of the molecule is CCCCCCCCCCCCCCCCCCCCC(=O)OC[C@@H](COC(=O)CCCCCCCCCCCCCCCCCCC)OC(=O)CCCCCCCCCCC(C)CC. The third-order valence-corrected chi connectivity index (χ3v) is 13.9. The highest BCUT2D eigenvalue weighted by atomic mass is 16.6. The van der Waals surface area contributed by atoms with Gasteiger partial charge in [-0.25, -0.2) is 0 Å². The first kappa shape index (κ1) is 63.4. The minimum absolute atomic E-state index is 0.0624. The fourth-order valence-electron chi connectivity index (χ4n) is 9.07. The predicted molar refractivity (Wildman–Crippen MR) is 280 cm³/mol. The zero-order chi connectivity index (χ0) is 47.4. The van der Waals surface area contributed by atoms with Crippen molar-refractivity contribution in [3.05, 3.63) is 0 Å². The van der Waals surface area contributed by atoms with Gasteiger partial charge in [-0.3, -0.25) is 14.4 Å². The lowest BCUT2D eigenvalue weighted by Crippen LogP contribution is -2.30. The number of unbranched alkanes of at least 4 members (excludes halogenated alkanes) is 40. The molecular formula is C59H114O6. The smallest absolute Gasteiger partial charge is 0.306 e. The first-order chi connectivity index (χ1) is 31.9. The highest BCUT2D eigenvalue weighted by Gasteiger charge is 2.19. The molecule has 0 saturated carbocycles. The molecule has 1 unspecified atom stereocenters. The van der Waals surface area contributed by atoms with Gasteiger partial charge >= 0.3 is 17.9 Å². The Morgan fingerprint density at radius 1 is 0.308 bits per heavy atom. The minimum atomic E-state index is -0.762. The molecule has 0 N–H and O–H groups in total. The topological polar surface area (TPSA) is 78.9 Å². The van der Waals surface area contributed by atoms with Gasteiger partial charge in [0.15, 0.2) is 6.10 Å². The van der Waals surface area contributed by atoms with Crippen LogP contribution < -0.4 is 0 Å². The van der Waals surface area contributed by atoms with Crippen LogP contribution in [-0.2, 0) is 28.6 Å². The van der Waals surface area contributed by atoms with Gasteiger partial charge in [0.25, 0.3) is 0 Å². The predicted octanol–water partition coefficient (Wildman–Crippen LogP) is 19.4. The van der Waals surface area contributed by atoms with E-state index in [1.165, 1.54) is 231 Å². The zero-order valence-electron chi connectivity index (χ0n) is 44.5. The van der Waals surface area contributed by atoms with Crippen LogP contribution in [-0.4, -0.2) is 37.2 Å². The second-order valence-corrected chi connectivity index (χ2v) is 20.5. The summed E-state index contributed by atoms with van der Waals surface area (Å²) in [6.45, 7) is 9.06. The third kappa shape index (κ3) is 51.6. The van der Waals surface area contributed by atoms with Crippen molar-refractivity contribution >= 4 is 17.9 Å². The molecule has 65 heavy (non-hydrogen) atoms. The number of hydrogen-bond donors (Lipinski definition) is 0. The summed E-state index contributed by atoms with van der Waals surface area (Å²) < 4.78 is 16.9. The largest absolute Gasteiger partial charge is 0.462 e. The third-order valence-electron chi connectivity index (χ3n) is 13.9. The molecule has 0 bridgehead atoms. The van der Waals surface area contributed by atoms with Crippen LogP contribution in [0.4, 0.5) is 0 Å². The summed E-state index contributed by atoms with van der Waals surface area (Å²) in [5.41, 5.74) is 0. The van der Waals surface area contributed by atoms with Gasteiger partial charge < -0.3 is 14.2 Å². The summed E-state index contributed by atoms with van der Waals surface area (Å²) in [4.78, 5) is 38.1. The lowest BCUT2D eigenvalue weighted by molar-refractivity contribution is -0.167. The maximum Gasteiger partial charge on any atom is 0.306 e. The number of carbonyl (C=O) groups is 3. The molecule has 0 aliphatic heterocycles. The molecule has 0 aromatic heterocycles. The molecule has 0 radical (unpaired) electrons. The monoisotopic (exact) mass is 919 g/mol. The van der Waals surface area contributed by atoms with Crippen molar-refractivity contribution in [1.82, 2.24) is 0 Å². The highest BCUT2D eigenvalue weighted by Crippen LogP contribution is 2.18. The van der Waals surface area contributed by atoms with Crippen LogP contribution in [0.2, 0.25) is 0 Å². The highest BCUT2D eigenvalue weighted by molar-refractivity contribution is 5.71. The zero-order valence-corrected chi connectivity index (χ0v) is 44.5. The van der Waals surface area contributed by atoms with Crippen LogP contribution in [0.1, 0.15) is 336 Å². The molecule has 0 aromatic rings. The summed E-state index contributed by atoms with van der Waals surface area (Å²) in [5, 5.41) is 0. The summed E-state index contributed by atoms with van der Waals surface area (Å²) in [6.07, 6.45) is 58.1. The Morgan fingerprint density at radius 2 is 0.538 bits per heavy atom. The van der Waals surface area contributed by atoms with Crippen molar-refractivity contribution in [3.8, 4) is 0 Å². The summed E-state index contributed by atoms with van der Waals surface area (Å²) in [5.74, 6) is 0.00765. The van der Waals surface area contributed by atoms with Gasteiger partial charge in [-0.1, -0.05) is 297 Å². The van der Waals surface area contributed by atoms with Crippen molar-refractivity contribution in [2.24, 2.45) is 5.92 Å². The van der Waals surface area contributed by atoms with E-state index in [0.717, 1.165) is 63.7 Å². The van der Waals surface area contributed by atoms with Crippen LogP contribution in [0.5, 0.6) is 0 Å². The van der Waals surface area contributed by atoms with Crippen LogP contribution in [0.25, 0.3) is 0 Å². The average Bonchev–Trinajstić information content (AvgIpc) is 3.30. The molecule has 0 heterocycles. The maximum atomic E-state index is 12.8. The molecule has 386 valence electrons. The number of ether oxygens (including phenoxy) is 3. The van der Waals surface area contributed by atoms with E-state index >= 15 is 0 Å². The van der Waals surface area contributed by atoms with Crippen LogP contribution in [0.3, 0.4) is 0 Å². The fraction of sp³-hybridized carbons (Fsp3) is 0.949. The maximum absolute atomic E-state index is 12.8. The van der Waals surface area contributed by atoms with Crippen molar-refractivity contribution in [3.63, 3.8) is 0 Å². The Kier molecular flexibility index (Phi) is 52.1. The lowest BCUT2D eigenvalue weighted by atomic mass is 9.99. The van der Waals surface area contributed by atoms with E-state index in [2.05, 4.69) is 27.7 Å². The molecule has 6 nitrogen and oxygen atoms in total. The second-order valence-electron chi connectivity index (χ2n) is 20.5. The molecule has 0 saturated heterocycles. The van der Waals surface area contributed by atoms with E-state index in [1.54, 1.807) is 0 Å². The Hall–Kier alpha value is -1.59. The average molecular weight is 920 g/mol. The quantitative estimate of drug-likeness (QED) is 0.0344. The van der Waals surface area contributed by atoms with Gasteiger partial charge in [0.2, 0.25) is 0 Å². The Bertz CT molecular complexity index is 982. The standard InChI is InChI=1S/C59H114O6/c1-5-8-10-12-14-16-18-20-22-24-26-28-30-32-34-39-43-47-51-58(61)64-54-56(65-59(62)52-48-44-40-36-35-37-41-45-49-55(4)7-3)53-63-57(60)50-46-42-38-33-31-29-27-25-23-21-19-17-15-13-11-9-6-2/h55-56H,5-54H2,1-4H3/t55?,56-/m1/s1.